The second-order valence-electron chi connectivity index (χ2n) is 8.83. The number of anilines is 1. The number of hydrogen-bond acceptors (Lipinski definition) is 6. The SMILES string of the molecule is CCC(=O)N1c2ccc(S(=O)(=O)N3CCN(Cc4ccc5c(c4)OCO5)CC3)cc2C[C@@H]1C. The minimum absolute atomic E-state index is 0.0464. The Morgan fingerprint density at radius 2 is 1.79 bits per heavy atom. The van der Waals surface area contributed by atoms with E-state index in [1.165, 1.54) is 0 Å². The van der Waals surface area contributed by atoms with Crippen LogP contribution in [0.1, 0.15) is 31.4 Å². The molecule has 1 saturated heterocycles. The fourth-order valence-electron chi connectivity index (χ4n) is 4.89. The van der Waals surface area contributed by atoms with Crippen LogP contribution in [-0.2, 0) is 27.8 Å². The Morgan fingerprint density at radius 3 is 2.55 bits per heavy atom. The van der Waals surface area contributed by atoms with E-state index in [1.807, 2.05) is 32.0 Å². The van der Waals surface area contributed by atoms with Gasteiger partial charge in [0.15, 0.2) is 11.5 Å². The molecule has 0 bridgehead atoms. The van der Waals surface area contributed by atoms with Crippen LogP contribution in [0, 0.1) is 0 Å². The van der Waals surface area contributed by atoms with E-state index in [-0.39, 0.29) is 18.7 Å². The highest BCUT2D eigenvalue weighted by Gasteiger charge is 2.33. The third-order valence-corrected chi connectivity index (χ3v) is 8.54. The van der Waals surface area contributed by atoms with Crippen molar-refractivity contribution in [2.75, 3.05) is 37.9 Å². The van der Waals surface area contributed by atoms with E-state index in [0.29, 0.717) is 43.9 Å². The van der Waals surface area contributed by atoms with Crippen LogP contribution < -0.4 is 14.4 Å². The van der Waals surface area contributed by atoms with Crippen LogP contribution in [0.4, 0.5) is 5.69 Å². The van der Waals surface area contributed by atoms with Gasteiger partial charge < -0.3 is 14.4 Å². The van der Waals surface area contributed by atoms with Crippen molar-refractivity contribution in [3.8, 4) is 11.5 Å². The van der Waals surface area contributed by atoms with Gasteiger partial charge in [-0.3, -0.25) is 9.69 Å². The molecule has 33 heavy (non-hydrogen) atoms. The quantitative estimate of drug-likeness (QED) is 0.667. The number of piperazine rings is 1. The monoisotopic (exact) mass is 471 g/mol. The Balaban J connectivity index is 1.25. The van der Waals surface area contributed by atoms with E-state index in [4.69, 9.17) is 9.47 Å². The molecule has 2 aromatic rings. The maximum absolute atomic E-state index is 13.3. The summed E-state index contributed by atoms with van der Waals surface area (Å²) in [5.41, 5.74) is 2.88. The standard InChI is InChI=1S/C24H29N3O5S/c1-3-24(28)27-17(2)12-19-14-20(5-6-21(19)27)33(29,30)26-10-8-25(9-11-26)15-18-4-7-22-23(13-18)32-16-31-22/h4-7,13-14,17H,3,8-12,15-16H2,1-2H3/t17-/m0/s1. The molecule has 0 saturated carbocycles. The average Bonchev–Trinajstić information content (AvgIpc) is 3.41. The second-order valence-corrected chi connectivity index (χ2v) is 10.8. The van der Waals surface area contributed by atoms with E-state index in [0.717, 1.165) is 34.9 Å². The fourth-order valence-corrected chi connectivity index (χ4v) is 6.37. The summed E-state index contributed by atoms with van der Waals surface area (Å²) in [6.07, 6.45) is 1.11. The zero-order valence-electron chi connectivity index (χ0n) is 19.0. The number of sulfonamides is 1. The predicted molar refractivity (Wildman–Crippen MR) is 124 cm³/mol. The van der Waals surface area contributed by atoms with Crippen molar-refractivity contribution in [1.82, 2.24) is 9.21 Å². The van der Waals surface area contributed by atoms with E-state index >= 15 is 0 Å². The molecule has 0 N–H and O–H groups in total. The molecule has 0 aromatic heterocycles. The first kappa shape index (κ1) is 22.2. The first-order valence-electron chi connectivity index (χ1n) is 11.4. The predicted octanol–water partition coefficient (Wildman–Crippen LogP) is 2.61. The van der Waals surface area contributed by atoms with E-state index in [1.54, 1.807) is 27.4 Å². The zero-order chi connectivity index (χ0) is 23.2. The molecule has 3 aliphatic rings. The Morgan fingerprint density at radius 1 is 1.03 bits per heavy atom. The van der Waals surface area contributed by atoms with Crippen LogP contribution in [0.5, 0.6) is 11.5 Å². The molecule has 1 fully saturated rings. The van der Waals surface area contributed by atoms with Gasteiger partial charge in [-0.05, 0) is 54.8 Å². The number of hydrogen-bond donors (Lipinski definition) is 0. The van der Waals surface area contributed by atoms with Crippen molar-refractivity contribution < 1.29 is 22.7 Å². The number of carbonyl (C=O) groups is 1. The molecule has 2 aromatic carbocycles. The van der Waals surface area contributed by atoms with Crippen molar-refractivity contribution in [2.24, 2.45) is 0 Å². The molecule has 3 heterocycles. The number of benzene rings is 2. The summed E-state index contributed by atoms with van der Waals surface area (Å²) >= 11 is 0. The summed E-state index contributed by atoms with van der Waals surface area (Å²) in [6, 6.07) is 11.2. The molecule has 176 valence electrons. The third kappa shape index (κ3) is 4.09. The van der Waals surface area contributed by atoms with Gasteiger partial charge in [0.25, 0.3) is 0 Å². The topological polar surface area (TPSA) is 79.4 Å². The number of fused-ring (bicyclic) bond motifs is 2. The van der Waals surface area contributed by atoms with Crippen LogP contribution in [0.3, 0.4) is 0 Å². The molecule has 1 atom stereocenters. The van der Waals surface area contributed by atoms with Gasteiger partial charge in [-0.2, -0.15) is 4.31 Å². The molecule has 5 rings (SSSR count). The highest BCUT2D eigenvalue weighted by Crippen LogP contribution is 2.35. The number of ether oxygens (including phenoxy) is 2. The molecule has 0 aliphatic carbocycles. The maximum Gasteiger partial charge on any atom is 0.243 e. The van der Waals surface area contributed by atoms with Crippen molar-refractivity contribution in [1.29, 1.82) is 0 Å². The molecule has 0 radical (unpaired) electrons. The summed E-state index contributed by atoms with van der Waals surface area (Å²) in [5, 5.41) is 0. The highest BCUT2D eigenvalue weighted by atomic mass is 32.2. The second kappa shape index (κ2) is 8.62. The third-order valence-electron chi connectivity index (χ3n) is 6.65. The number of nitrogens with zero attached hydrogens (tertiary/aromatic N) is 3. The molecule has 0 spiro atoms. The van der Waals surface area contributed by atoms with Gasteiger partial charge in [-0.25, -0.2) is 8.42 Å². The largest absolute Gasteiger partial charge is 0.454 e. The van der Waals surface area contributed by atoms with E-state index in [2.05, 4.69) is 4.90 Å². The van der Waals surface area contributed by atoms with E-state index in [9.17, 15) is 13.2 Å². The minimum Gasteiger partial charge on any atom is -0.454 e. The van der Waals surface area contributed by atoms with Gasteiger partial charge >= 0.3 is 0 Å². The molecule has 8 nitrogen and oxygen atoms in total. The fraction of sp³-hybridized carbons (Fsp3) is 0.458. The number of rotatable bonds is 5. The van der Waals surface area contributed by atoms with Gasteiger partial charge in [0.05, 0.1) is 4.90 Å². The van der Waals surface area contributed by atoms with Crippen molar-refractivity contribution >= 4 is 21.6 Å². The van der Waals surface area contributed by atoms with Crippen LogP contribution >= 0.6 is 0 Å². The molecular formula is C24H29N3O5S. The normalized spacial score (nSPS) is 20.8. The summed E-state index contributed by atoms with van der Waals surface area (Å²) in [4.78, 5) is 16.7. The number of amides is 1. The minimum atomic E-state index is -3.58. The molecule has 9 heteroatoms. The lowest BCUT2D eigenvalue weighted by atomic mass is 10.1. The summed E-state index contributed by atoms with van der Waals surface area (Å²) in [6.45, 7) is 7.05. The van der Waals surface area contributed by atoms with Crippen LogP contribution in [0.25, 0.3) is 0 Å². The highest BCUT2D eigenvalue weighted by molar-refractivity contribution is 7.89. The van der Waals surface area contributed by atoms with Gasteiger partial charge in [0.1, 0.15) is 0 Å². The van der Waals surface area contributed by atoms with Crippen molar-refractivity contribution in [2.45, 2.75) is 44.2 Å². The summed E-state index contributed by atoms with van der Waals surface area (Å²) in [7, 11) is -3.58. The smallest absolute Gasteiger partial charge is 0.243 e. The lowest BCUT2D eigenvalue weighted by molar-refractivity contribution is -0.118. The summed E-state index contributed by atoms with van der Waals surface area (Å²) < 4.78 is 39.0. The maximum atomic E-state index is 13.3. The van der Waals surface area contributed by atoms with Crippen LogP contribution in [0.2, 0.25) is 0 Å². The van der Waals surface area contributed by atoms with E-state index < -0.39 is 10.0 Å². The van der Waals surface area contributed by atoms with Gasteiger partial charge in [-0.1, -0.05) is 13.0 Å². The summed E-state index contributed by atoms with van der Waals surface area (Å²) in [5.74, 6) is 1.59. The Labute approximate surface area is 194 Å². The number of carbonyl (C=O) groups excluding carboxylic acids is 1. The molecule has 0 unspecified atom stereocenters. The Kier molecular flexibility index (Phi) is 5.80. The van der Waals surface area contributed by atoms with Gasteiger partial charge in [0.2, 0.25) is 22.7 Å². The Bertz CT molecular complexity index is 1170. The van der Waals surface area contributed by atoms with Gasteiger partial charge in [0, 0.05) is 50.9 Å². The Hall–Kier alpha value is -2.62. The zero-order valence-corrected chi connectivity index (χ0v) is 19.8. The molecule has 1 amide bonds. The first-order valence-corrected chi connectivity index (χ1v) is 12.9. The first-order chi connectivity index (χ1) is 15.9. The molecule has 3 aliphatic heterocycles. The van der Waals surface area contributed by atoms with Gasteiger partial charge in [-0.15, -0.1) is 0 Å². The average molecular weight is 472 g/mol. The van der Waals surface area contributed by atoms with Crippen molar-refractivity contribution in [3.05, 3.63) is 47.5 Å². The van der Waals surface area contributed by atoms with Crippen molar-refractivity contribution in [3.63, 3.8) is 0 Å². The van der Waals surface area contributed by atoms with Crippen LogP contribution in [-0.4, -0.2) is 62.5 Å². The van der Waals surface area contributed by atoms with Crippen LogP contribution in [0.15, 0.2) is 41.3 Å². The lowest BCUT2D eigenvalue weighted by Crippen LogP contribution is -2.48. The molecular weight excluding hydrogens is 442 g/mol. The lowest BCUT2D eigenvalue weighted by Gasteiger charge is -2.34.